The second kappa shape index (κ2) is 6.93. The third kappa shape index (κ3) is 9.08. The maximum Gasteiger partial charge on any atom is 0.140 e. The number of hydrogen-bond acceptors (Lipinski definition) is 2. The molecule has 17 heavy (non-hydrogen) atoms. The highest BCUT2D eigenvalue weighted by Crippen LogP contribution is 2.19. The highest BCUT2D eigenvalue weighted by atomic mass is 16.1. The molecule has 102 valence electrons. The minimum absolute atomic E-state index is 0.130. The summed E-state index contributed by atoms with van der Waals surface area (Å²) in [6, 6.07) is 0. The summed E-state index contributed by atoms with van der Waals surface area (Å²) < 4.78 is 0. The Morgan fingerprint density at radius 2 is 1.24 bits per heavy atom. The molecule has 0 heterocycles. The molecule has 2 nitrogen and oxygen atoms in total. The molecule has 0 spiro atoms. The maximum absolute atomic E-state index is 11.2. The van der Waals surface area contributed by atoms with E-state index in [9.17, 15) is 9.59 Å². The van der Waals surface area contributed by atoms with Gasteiger partial charge in [0.2, 0.25) is 0 Å². The fraction of sp³-hybridized carbons (Fsp3) is 0.867. The Morgan fingerprint density at radius 3 is 1.24 bits per heavy atom. The lowest BCUT2D eigenvalue weighted by Gasteiger charge is -2.18. The highest BCUT2D eigenvalue weighted by Gasteiger charge is 2.23. The first-order valence-electron chi connectivity index (χ1n) is 6.41. The van der Waals surface area contributed by atoms with Crippen LogP contribution in [0.15, 0.2) is 0 Å². The van der Waals surface area contributed by atoms with Gasteiger partial charge in [-0.1, -0.05) is 62.3 Å². The Hall–Kier alpha value is -0.660. The van der Waals surface area contributed by atoms with Crippen LogP contribution in [0.2, 0.25) is 0 Å². The summed E-state index contributed by atoms with van der Waals surface area (Å²) in [6.45, 7) is 17.5. The van der Waals surface area contributed by atoms with Crippen molar-refractivity contribution in [3.63, 3.8) is 0 Å². The van der Waals surface area contributed by atoms with E-state index in [-0.39, 0.29) is 16.7 Å². The molecule has 0 aliphatic rings. The normalized spacial score (nSPS) is 11.9. The van der Waals surface area contributed by atoms with E-state index in [1.165, 1.54) is 0 Å². The van der Waals surface area contributed by atoms with Crippen LogP contribution in [0.4, 0.5) is 0 Å². The van der Waals surface area contributed by atoms with E-state index in [4.69, 9.17) is 0 Å². The fourth-order valence-corrected chi connectivity index (χ4v) is 1.40. The lowest BCUT2D eigenvalue weighted by molar-refractivity contribution is -0.129. The first-order chi connectivity index (χ1) is 7.34. The summed E-state index contributed by atoms with van der Waals surface area (Å²) in [5, 5.41) is 0. The second-order valence-electron chi connectivity index (χ2n) is 6.80. The predicted molar refractivity (Wildman–Crippen MR) is 74.1 cm³/mol. The zero-order chi connectivity index (χ0) is 14.4. The molecule has 0 N–H and O–H groups in total. The van der Waals surface area contributed by atoms with Crippen LogP contribution in [0.1, 0.15) is 68.7 Å². The first kappa shape index (κ1) is 18.7. The van der Waals surface area contributed by atoms with Gasteiger partial charge in [0.05, 0.1) is 0 Å². The van der Waals surface area contributed by atoms with E-state index in [2.05, 4.69) is 0 Å². The van der Waals surface area contributed by atoms with Gasteiger partial charge < -0.3 is 0 Å². The van der Waals surface area contributed by atoms with E-state index < -0.39 is 0 Å². The largest absolute Gasteiger partial charge is 0.299 e. The molecule has 0 aliphatic heterocycles. The van der Waals surface area contributed by atoms with Crippen LogP contribution in [0.25, 0.3) is 0 Å². The number of carbonyl (C=O) groups excluding carboxylic acids is 2. The van der Waals surface area contributed by atoms with Crippen molar-refractivity contribution in [2.45, 2.75) is 68.7 Å². The van der Waals surface area contributed by atoms with Crippen molar-refractivity contribution < 1.29 is 9.59 Å². The van der Waals surface area contributed by atoms with Gasteiger partial charge in [-0.2, -0.15) is 0 Å². The molecule has 0 atom stereocenters. The Labute approximate surface area is 107 Å². The predicted octanol–water partition coefficient (Wildman–Crippen LogP) is 4.27. The van der Waals surface area contributed by atoms with Crippen LogP contribution in [-0.4, -0.2) is 11.6 Å². The maximum atomic E-state index is 11.2. The zero-order valence-electron chi connectivity index (χ0n) is 13.1. The number of hydrogen-bond donors (Lipinski definition) is 0. The van der Waals surface area contributed by atoms with Gasteiger partial charge in [-0.3, -0.25) is 9.59 Å². The molecule has 0 bridgehead atoms. The van der Waals surface area contributed by atoms with Gasteiger partial charge in [0.25, 0.3) is 0 Å². The van der Waals surface area contributed by atoms with E-state index in [1.54, 1.807) is 0 Å². The van der Waals surface area contributed by atoms with Crippen molar-refractivity contribution in [2.75, 3.05) is 0 Å². The molecule has 0 saturated heterocycles. The third-order valence-corrected chi connectivity index (χ3v) is 2.42. The lowest BCUT2D eigenvalue weighted by Crippen LogP contribution is -2.24. The van der Waals surface area contributed by atoms with Gasteiger partial charge in [-0.25, -0.2) is 0 Å². The van der Waals surface area contributed by atoms with Crippen LogP contribution < -0.4 is 0 Å². The number of Topliss-reactive ketones (excluding diaryl/α,β-unsaturated/α-hetero) is 2. The monoisotopic (exact) mass is 242 g/mol. The van der Waals surface area contributed by atoms with Gasteiger partial charge in [-0.15, -0.1) is 0 Å². The first-order valence-corrected chi connectivity index (χ1v) is 6.41. The topological polar surface area (TPSA) is 34.1 Å². The molecule has 0 unspecified atom stereocenters. The molecule has 0 aromatic rings. The highest BCUT2D eigenvalue weighted by molar-refractivity contribution is 5.85. The molecule has 0 saturated carbocycles. The summed E-state index contributed by atoms with van der Waals surface area (Å²) in [7, 11) is 0. The SMILES string of the molecule is CC(C)C(=O)C(C)(C)C.CCC(=O)C(C)(C)C. The van der Waals surface area contributed by atoms with Crippen LogP contribution in [0.3, 0.4) is 0 Å². The molecule has 0 rings (SSSR count). The van der Waals surface area contributed by atoms with Crippen molar-refractivity contribution in [1.82, 2.24) is 0 Å². The second-order valence-corrected chi connectivity index (χ2v) is 6.80. The van der Waals surface area contributed by atoms with Crippen LogP contribution in [-0.2, 0) is 9.59 Å². The smallest absolute Gasteiger partial charge is 0.140 e. The molecular formula is C15H30O2. The van der Waals surface area contributed by atoms with Gasteiger partial charge in [0.1, 0.15) is 11.6 Å². The molecule has 0 amide bonds. The zero-order valence-corrected chi connectivity index (χ0v) is 13.1. The molecule has 0 aliphatic carbocycles. The molecule has 0 aromatic carbocycles. The van der Waals surface area contributed by atoms with Gasteiger partial charge in [0.15, 0.2) is 0 Å². The average molecular weight is 242 g/mol. The van der Waals surface area contributed by atoms with Crippen molar-refractivity contribution in [3.8, 4) is 0 Å². The number of rotatable bonds is 2. The Bertz CT molecular complexity index is 249. The van der Waals surface area contributed by atoms with Crippen molar-refractivity contribution in [2.24, 2.45) is 16.7 Å². The standard InChI is InChI=1S/C8H16O.C7H14O/c1-6(2)7(9)8(3,4)5;1-5-6(8)7(2,3)4/h6H,1-5H3;5H2,1-4H3. The van der Waals surface area contributed by atoms with Crippen LogP contribution >= 0.6 is 0 Å². The molecule has 0 radical (unpaired) electrons. The summed E-state index contributed by atoms with van der Waals surface area (Å²) in [6.07, 6.45) is 0.656. The van der Waals surface area contributed by atoms with Gasteiger partial charge in [-0.05, 0) is 0 Å². The summed E-state index contributed by atoms with van der Waals surface area (Å²) in [5.41, 5.74) is -0.289. The van der Waals surface area contributed by atoms with E-state index >= 15 is 0 Å². The van der Waals surface area contributed by atoms with E-state index in [0.717, 1.165) is 0 Å². The quantitative estimate of drug-likeness (QED) is 0.724. The third-order valence-electron chi connectivity index (χ3n) is 2.42. The fourth-order valence-electron chi connectivity index (χ4n) is 1.40. The van der Waals surface area contributed by atoms with E-state index in [1.807, 2.05) is 62.3 Å². The molecule has 2 heteroatoms. The lowest BCUT2D eigenvalue weighted by atomic mass is 9.85. The van der Waals surface area contributed by atoms with Crippen molar-refractivity contribution >= 4 is 11.6 Å². The van der Waals surface area contributed by atoms with Gasteiger partial charge in [0, 0.05) is 23.2 Å². The molecule has 0 aromatic heterocycles. The van der Waals surface area contributed by atoms with E-state index in [0.29, 0.717) is 18.0 Å². The Morgan fingerprint density at radius 1 is 0.882 bits per heavy atom. The van der Waals surface area contributed by atoms with Gasteiger partial charge >= 0.3 is 0 Å². The van der Waals surface area contributed by atoms with Crippen molar-refractivity contribution in [1.29, 1.82) is 0 Å². The molecular weight excluding hydrogens is 212 g/mol. The minimum atomic E-state index is -0.159. The van der Waals surface area contributed by atoms with Crippen molar-refractivity contribution in [3.05, 3.63) is 0 Å². The number of carbonyl (C=O) groups is 2. The average Bonchev–Trinajstić information content (AvgIpc) is 2.13. The summed E-state index contributed by atoms with van der Waals surface area (Å²) in [5.74, 6) is 0.838. The summed E-state index contributed by atoms with van der Waals surface area (Å²) >= 11 is 0. The number of ketones is 2. The Balaban J connectivity index is 0. The van der Waals surface area contributed by atoms with Crippen LogP contribution in [0.5, 0.6) is 0 Å². The molecule has 0 fully saturated rings. The minimum Gasteiger partial charge on any atom is -0.299 e. The summed E-state index contributed by atoms with van der Waals surface area (Å²) in [4.78, 5) is 22.0. The van der Waals surface area contributed by atoms with Crippen LogP contribution in [0, 0.1) is 16.7 Å². The Kier molecular flexibility index (Phi) is 7.62.